The topological polar surface area (TPSA) is 75.3 Å². The molecule has 0 bridgehead atoms. The van der Waals surface area contributed by atoms with Crippen molar-refractivity contribution >= 4 is 23.0 Å². The number of rotatable bonds is 2. The highest BCUT2D eigenvalue weighted by Gasteiger charge is 2.16. The lowest BCUT2D eigenvalue weighted by molar-refractivity contribution is 0.628. The minimum absolute atomic E-state index is 0.268. The summed E-state index contributed by atoms with van der Waals surface area (Å²) in [5.41, 5.74) is 11.2. The highest BCUT2D eigenvalue weighted by atomic mass is 19.1. The number of anilines is 3. The molecular formula is C14H14FN5. The van der Waals surface area contributed by atoms with Crippen molar-refractivity contribution in [1.82, 2.24) is 4.98 Å². The summed E-state index contributed by atoms with van der Waals surface area (Å²) < 4.78 is 12.8. The second kappa shape index (κ2) is 5.16. The standard InChI is InChI=1S/C14H14FN5/c15-9-1-3-10(4-2-9)19-20-12-7-8-17-14-11(12)5-6-13(16)18-14/h1-6,19H,7-8H2,(H3,16,17,18)/b20-12+. The number of pyridine rings is 1. The molecule has 0 spiro atoms. The smallest absolute Gasteiger partial charge is 0.137 e. The predicted octanol–water partition coefficient (Wildman–Crippen LogP) is 2.43. The molecular weight excluding hydrogens is 257 g/mol. The van der Waals surface area contributed by atoms with Crippen LogP contribution in [0.2, 0.25) is 0 Å². The molecule has 4 N–H and O–H groups in total. The van der Waals surface area contributed by atoms with Crippen LogP contribution in [0.3, 0.4) is 0 Å². The van der Waals surface area contributed by atoms with Crippen LogP contribution in [-0.4, -0.2) is 17.2 Å². The van der Waals surface area contributed by atoms with E-state index in [1.54, 1.807) is 18.2 Å². The van der Waals surface area contributed by atoms with Gasteiger partial charge < -0.3 is 11.1 Å². The van der Waals surface area contributed by atoms with Crippen LogP contribution in [-0.2, 0) is 0 Å². The molecule has 0 saturated heterocycles. The number of benzene rings is 1. The molecule has 0 aliphatic carbocycles. The van der Waals surface area contributed by atoms with Crippen molar-refractivity contribution in [2.45, 2.75) is 6.42 Å². The zero-order valence-corrected chi connectivity index (χ0v) is 10.7. The second-order valence-electron chi connectivity index (χ2n) is 4.49. The van der Waals surface area contributed by atoms with E-state index in [4.69, 9.17) is 5.73 Å². The summed E-state index contributed by atoms with van der Waals surface area (Å²) in [6.07, 6.45) is 0.785. The third kappa shape index (κ3) is 2.54. The molecule has 5 nitrogen and oxygen atoms in total. The van der Waals surface area contributed by atoms with Gasteiger partial charge in [-0.1, -0.05) is 0 Å². The Balaban J connectivity index is 1.84. The minimum Gasteiger partial charge on any atom is -0.384 e. The van der Waals surface area contributed by atoms with Gasteiger partial charge in [0.1, 0.15) is 17.5 Å². The lowest BCUT2D eigenvalue weighted by Crippen LogP contribution is -2.21. The van der Waals surface area contributed by atoms with Gasteiger partial charge in [0, 0.05) is 18.5 Å². The Hall–Kier alpha value is -2.63. The number of nitrogens with two attached hydrogens (primary N) is 1. The SMILES string of the molecule is Nc1ccc2c(n1)NCC/C2=N\Nc1ccc(F)cc1. The van der Waals surface area contributed by atoms with Gasteiger partial charge in [-0.05, 0) is 36.4 Å². The Labute approximate surface area is 115 Å². The van der Waals surface area contributed by atoms with Crippen molar-refractivity contribution in [3.8, 4) is 0 Å². The number of hydrazone groups is 1. The van der Waals surface area contributed by atoms with E-state index in [0.29, 0.717) is 5.82 Å². The molecule has 0 radical (unpaired) electrons. The van der Waals surface area contributed by atoms with Gasteiger partial charge in [-0.25, -0.2) is 9.37 Å². The van der Waals surface area contributed by atoms with E-state index in [1.165, 1.54) is 12.1 Å². The average Bonchev–Trinajstić information content (AvgIpc) is 2.46. The molecule has 6 heteroatoms. The molecule has 2 heterocycles. The molecule has 0 saturated carbocycles. The van der Waals surface area contributed by atoms with E-state index >= 15 is 0 Å². The summed E-state index contributed by atoms with van der Waals surface area (Å²) in [5.74, 6) is 0.954. The van der Waals surface area contributed by atoms with Gasteiger partial charge in [-0.3, -0.25) is 5.43 Å². The number of hydrogen-bond acceptors (Lipinski definition) is 5. The Morgan fingerprint density at radius 1 is 1.20 bits per heavy atom. The quantitative estimate of drug-likeness (QED) is 0.733. The number of nitrogens with one attached hydrogen (secondary N) is 2. The van der Waals surface area contributed by atoms with Gasteiger partial charge in [-0.15, -0.1) is 0 Å². The Morgan fingerprint density at radius 2 is 2.00 bits per heavy atom. The Bertz CT molecular complexity index is 651. The molecule has 1 aromatic heterocycles. The fourth-order valence-electron chi connectivity index (χ4n) is 2.05. The fourth-order valence-corrected chi connectivity index (χ4v) is 2.05. The maximum Gasteiger partial charge on any atom is 0.137 e. The van der Waals surface area contributed by atoms with Gasteiger partial charge in [0.2, 0.25) is 0 Å². The molecule has 20 heavy (non-hydrogen) atoms. The summed E-state index contributed by atoms with van der Waals surface area (Å²) in [4.78, 5) is 4.24. The largest absolute Gasteiger partial charge is 0.384 e. The van der Waals surface area contributed by atoms with E-state index in [-0.39, 0.29) is 5.82 Å². The van der Waals surface area contributed by atoms with Crippen LogP contribution in [0.5, 0.6) is 0 Å². The molecule has 0 amide bonds. The van der Waals surface area contributed by atoms with Gasteiger partial charge >= 0.3 is 0 Å². The summed E-state index contributed by atoms with van der Waals surface area (Å²) >= 11 is 0. The van der Waals surface area contributed by atoms with Gasteiger partial charge in [0.15, 0.2) is 0 Å². The Kier molecular flexibility index (Phi) is 3.20. The number of fused-ring (bicyclic) bond motifs is 1. The molecule has 0 unspecified atom stereocenters. The first-order chi connectivity index (χ1) is 9.72. The molecule has 1 aromatic carbocycles. The molecule has 3 rings (SSSR count). The maximum atomic E-state index is 12.8. The third-order valence-corrected chi connectivity index (χ3v) is 3.05. The van der Waals surface area contributed by atoms with Crippen molar-refractivity contribution in [2.75, 3.05) is 23.0 Å². The van der Waals surface area contributed by atoms with E-state index < -0.39 is 0 Å². The first-order valence-corrected chi connectivity index (χ1v) is 6.31. The number of halogens is 1. The second-order valence-corrected chi connectivity index (χ2v) is 4.49. The van der Waals surface area contributed by atoms with Gasteiger partial charge in [0.25, 0.3) is 0 Å². The minimum atomic E-state index is -0.268. The maximum absolute atomic E-state index is 12.8. The van der Waals surface area contributed by atoms with Crippen LogP contribution in [0.4, 0.5) is 21.7 Å². The molecule has 1 aliphatic heterocycles. The zero-order valence-electron chi connectivity index (χ0n) is 10.7. The number of aromatic nitrogens is 1. The summed E-state index contributed by atoms with van der Waals surface area (Å²) in [6.45, 7) is 0.757. The van der Waals surface area contributed by atoms with Crippen molar-refractivity contribution in [1.29, 1.82) is 0 Å². The van der Waals surface area contributed by atoms with Crippen molar-refractivity contribution in [3.63, 3.8) is 0 Å². The number of hydrogen-bond donors (Lipinski definition) is 3. The first kappa shape index (κ1) is 12.4. The van der Waals surface area contributed by atoms with Crippen LogP contribution in [0.25, 0.3) is 0 Å². The van der Waals surface area contributed by atoms with Crippen LogP contribution in [0.1, 0.15) is 12.0 Å². The lowest BCUT2D eigenvalue weighted by Gasteiger charge is -2.19. The normalized spacial score (nSPS) is 15.6. The third-order valence-electron chi connectivity index (χ3n) is 3.05. The highest BCUT2D eigenvalue weighted by molar-refractivity contribution is 6.06. The van der Waals surface area contributed by atoms with E-state index in [9.17, 15) is 4.39 Å². The van der Waals surface area contributed by atoms with Crippen LogP contribution >= 0.6 is 0 Å². The first-order valence-electron chi connectivity index (χ1n) is 6.31. The molecule has 1 aliphatic rings. The van der Waals surface area contributed by atoms with Crippen molar-refractivity contribution in [3.05, 3.63) is 47.8 Å². The summed E-state index contributed by atoms with van der Waals surface area (Å²) in [5, 5.41) is 7.57. The molecule has 2 aromatic rings. The molecule has 102 valence electrons. The lowest BCUT2D eigenvalue weighted by atomic mass is 10.1. The molecule has 0 fully saturated rings. The highest BCUT2D eigenvalue weighted by Crippen LogP contribution is 2.21. The predicted molar refractivity (Wildman–Crippen MR) is 78.3 cm³/mol. The summed E-state index contributed by atoms with van der Waals surface area (Å²) in [7, 11) is 0. The van der Waals surface area contributed by atoms with E-state index in [2.05, 4.69) is 20.8 Å². The van der Waals surface area contributed by atoms with Crippen LogP contribution in [0.15, 0.2) is 41.5 Å². The van der Waals surface area contributed by atoms with Gasteiger partial charge in [0.05, 0.1) is 11.4 Å². The monoisotopic (exact) mass is 271 g/mol. The van der Waals surface area contributed by atoms with Crippen LogP contribution < -0.4 is 16.5 Å². The number of nitrogens with zero attached hydrogens (tertiary/aromatic N) is 2. The van der Waals surface area contributed by atoms with Crippen molar-refractivity contribution < 1.29 is 4.39 Å². The summed E-state index contributed by atoms with van der Waals surface area (Å²) in [6, 6.07) is 9.71. The molecule has 0 atom stereocenters. The van der Waals surface area contributed by atoms with Crippen molar-refractivity contribution in [2.24, 2.45) is 5.10 Å². The van der Waals surface area contributed by atoms with Gasteiger partial charge in [-0.2, -0.15) is 5.10 Å². The van der Waals surface area contributed by atoms with E-state index in [1.807, 2.05) is 6.07 Å². The zero-order chi connectivity index (χ0) is 13.9. The Morgan fingerprint density at radius 3 is 2.80 bits per heavy atom. The van der Waals surface area contributed by atoms with E-state index in [0.717, 1.165) is 35.7 Å². The number of nitrogen functional groups attached to an aromatic ring is 1. The average molecular weight is 271 g/mol. The fraction of sp³-hybridized carbons (Fsp3) is 0.143. The van der Waals surface area contributed by atoms with Crippen LogP contribution in [0, 0.1) is 5.82 Å².